The minimum atomic E-state index is 0.227. The fraction of sp³-hybridized carbons (Fsp3) is 0.455. The van der Waals surface area contributed by atoms with Crippen LogP contribution in [0.3, 0.4) is 0 Å². The van der Waals surface area contributed by atoms with Crippen LogP contribution in [-0.4, -0.2) is 19.7 Å². The third-order valence-electron chi connectivity index (χ3n) is 2.05. The first kappa shape index (κ1) is 11.5. The van der Waals surface area contributed by atoms with E-state index in [9.17, 15) is 5.11 Å². The molecule has 4 heteroatoms. The van der Waals surface area contributed by atoms with Gasteiger partial charge in [-0.05, 0) is 20.8 Å². The molecule has 0 aliphatic heterocycles. The van der Waals surface area contributed by atoms with Crippen molar-refractivity contribution in [3.8, 4) is 5.75 Å². The molecule has 0 radical (unpaired) electrons. The average molecular weight is 207 g/mol. The molecule has 4 nitrogen and oxygen atoms in total. The number of nitrogens with zero attached hydrogens (tertiary/aromatic N) is 3. The predicted octanol–water partition coefficient (Wildman–Crippen LogP) is 2.39. The van der Waals surface area contributed by atoms with Gasteiger partial charge in [-0.2, -0.15) is 5.10 Å². The zero-order valence-electron chi connectivity index (χ0n) is 9.87. The zero-order valence-corrected chi connectivity index (χ0v) is 9.87. The normalized spacial score (nSPS) is 9.93. The first-order chi connectivity index (χ1) is 7.09. The van der Waals surface area contributed by atoms with Gasteiger partial charge in [0.25, 0.3) is 0 Å². The van der Waals surface area contributed by atoms with Crippen LogP contribution in [0, 0.1) is 20.8 Å². The summed E-state index contributed by atoms with van der Waals surface area (Å²) in [6.45, 7) is 9.54. The fourth-order valence-electron chi connectivity index (χ4n) is 1.49. The zero-order chi connectivity index (χ0) is 11.6. The van der Waals surface area contributed by atoms with E-state index in [1.54, 1.807) is 17.6 Å². The minimum absolute atomic E-state index is 0.227. The molecule has 1 N–H and O–H groups in total. The number of aromatic hydroxyl groups is 1. The highest BCUT2D eigenvalue weighted by atomic mass is 16.3. The predicted molar refractivity (Wildman–Crippen MR) is 60.2 cm³/mol. The van der Waals surface area contributed by atoms with E-state index in [0.717, 1.165) is 11.4 Å². The van der Waals surface area contributed by atoms with E-state index in [0.29, 0.717) is 11.2 Å². The van der Waals surface area contributed by atoms with Gasteiger partial charge in [0, 0.05) is 0 Å². The van der Waals surface area contributed by atoms with Crippen molar-refractivity contribution in [3.05, 3.63) is 23.3 Å². The molecule has 0 amide bonds. The van der Waals surface area contributed by atoms with Crippen molar-refractivity contribution in [3.63, 3.8) is 0 Å². The number of aryl methyl sites for hydroxylation is 3. The summed E-state index contributed by atoms with van der Waals surface area (Å²) in [6, 6.07) is 0. The summed E-state index contributed by atoms with van der Waals surface area (Å²) in [4.78, 5) is 4.26. The highest BCUT2D eigenvalue weighted by molar-refractivity contribution is 5.64. The summed E-state index contributed by atoms with van der Waals surface area (Å²) < 4.78 is 1.67. The van der Waals surface area contributed by atoms with Gasteiger partial charge in [-0.3, -0.25) is 4.98 Å². The Morgan fingerprint density at radius 2 is 1.73 bits per heavy atom. The minimum Gasteiger partial charge on any atom is -0.504 e. The molecule has 0 aliphatic carbocycles. The van der Waals surface area contributed by atoms with Gasteiger partial charge in [-0.15, -0.1) is 0 Å². The second-order valence-corrected chi connectivity index (χ2v) is 3.19. The molecule has 0 aliphatic rings. The lowest BCUT2D eigenvalue weighted by Crippen LogP contribution is -1.95. The van der Waals surface area contributed by atoms with Crippen molar-refractivity contribution in [1.29, 1.82) is 0 Å². The molecule has 0 fully saturated rings. The van der Waals surface area contributed by atoms with Gasteiger partial charge in [-0.1, -0.05) is 13.8 Å². The first-order valence-electron chi connectivity index (χ1n) is 5.11. The average Bonchev–Trinajstić information content (AvgIpc) is 2.45. The van der Waals surface area contributed by atoms with Crippen LogP contribution in [0.1, 0.15) is 30.9 Å². The van der Waals surface area contributed by atoms with Crippen LogP contribution < -0.4 is 0 Å². The third-order valence-corrected chi connectivity index (χ3v) is 2.05. The maximum Gasteiger partial charge on any atom is 0.166 e. The molecule has 2 heterocycles. The molecule has 0 aromatic carbocycles. The van der Waals surface area contributed by atoms with E-state index >= 15 is 0 Å². The molecule has 0 saturated heterocycles. The van der Waals surface area contributed by atoms with Gasteiger partial charge < -0.3 is 5.11 Å². The Balaban J connectivity index is 0.000000531. The van der Waals surface area contributed by atoms with Crippen molar-refractivity contribution < 1.29 is 5.11 Å². The van der Waals surface area contributed by atoms with E-state index in [1.807, 2.05) is 27.7 Å². The Bertz CT molecular complexity index is 474. The van der Waals surface area contributed by atoms with Crippen LogP contribution in [-0.2, 0) is 0 Å². The lowest BCUT2D eigenvalue weighted by Gasteiger charge is -1.99. The summed E-state index contributed by atoms with van der Waals surface area (Å²) in [7, 11) is 0. The van der Waals surface area contributed by atoms with Crippen LogP contribution in [0.2, 0.25) is 0 Å². The van der Waals surface area contributed by atoms with Crippen LogP contribution >= 0.6 is 0 Å². The monoisotopic (exact) mass is 207 g/mol. The van der Waals surface area contributed by atoms with Crippen molar-refractivity contribution in [2.45, 2.75) is 34.6 Å². The Morgan fingerprint density at radius 1 is 1.13 bits per heavy atom. The van der Waals surface area contributed by atoms with Crippen LogP contribution in [0.4, 0.5) is 0 Å². The molecular formula is C11H17N3O. The molecule has 0 bridgehead atoms. The van der Waals surface area contributed by atoms with Crippen molar-refractivity contribution in [2.75, 3.05) is 0 Å². The molecular weight excluding hydrogens is 190 g/mol. The molecule has 0 unspecified atom stereocenters. The van der Waals surface area contributed by atoms with E-state index in [1.165, 1.54) is 0 Å². The lowest BCUT2D eigenvalue weighted by molar-refractivity contribution is 0.476. The summed E-state index contributed by atoms with van der Waals surface area (Å²) in [5.41, 5.74) is 3.03. The molecule has 82 valence electrons. The molecule has 2 rings (SSSR count). The summed E-state index contributed by atoms with van der Waals surface area (Å²) in [6.07, 6.45) is 1.80. The second kappa shape index (κ2) is 4.29. The molecule has 0 atom stereocenters. The van der Waals surface area contributed by atoms with E-state index in [4.69, 9.17) is 0 Å². The maximum absolute atomic E-state index is 9.65. The number of aromatic nitrogens is 3. The summed E-state index contributed by atoms with van der Waals surface area (Å²) >= 11 is 0. The van der Waals surface area contributed by atoms with Gasteiger partial charge in [0.05, 0.1) is 17.6 Å². The molecule has 2 aromatic rings. The van der Waals surface area contributed by atoms with Crippen molar-refractivity contribution in [2.24, 2.45) is 0 Å². The summed E-state index contributed by atoms with van der Waals surface area (Å²) in [5, 5.41) is 13.8. The molecule has 0 spiro atoms. The highest BCUT2D eigenvalue weighted by Gasteiger charge is 2.10. The number of hydrogen-bond donors (Lipinski definition) is 1. The Kier molecular flexibility index (Phi) is 3.29. The van der Waals surface area contributed by atoms with E-state index in [-0.39, 0.29) is 5.75 Å². The van der Waals surface area contributed by atoms with Gasteiger partial charge >= 0.3 is 0 Å². The second-order valence-electron chi connectivity index (χ2n) is 3.19. The van der Waals surface area contributed by atoms with Gasteiger partial charge in [-0.25, -0.2) is 4.52 Å². The molecule has 2 aromatic heterocycles. The number of fused-ring (bicyclic) bond motifs is 1. The smallest absolute Gasteiger partial charge is 0.166 e. The van der Waals surface area contributed by atoms with Crippen molar-refractivity contribution >= 4 is 5.52 Å². The Labute approximate surface area is 89.6 Å². The largest absolute Gasteiger partial charge is 0.504 e. The summed E-state index contributed by atoms with van der Waals surface area (Å²) in [5.74, 6) is 0.227. The molecule has 0 saturated carbocycles. The van der Waals surface area contributed by atoms with Crippen LogP contribution in [0.5, 0.6) is 5.75 Å². The van der Waals surface area contributed by atoms with E-state index < -0.39 is 0 Å². The topological polar surface area (TPSA) is 50.4 Å². The number of rotatable bonds is 0. The lowest BCUT2D eigenvalue weighted by atomic mass is 10.3. The first-order valence-corrected chi connectivity index (χ1v) is 5.11. The van der Waals surface area contributed by atoms with E-state index in [2.05, 4.69) is 10.1 Å². The quantitative estimate of drug-likeness (QED) is 0.721. The third kappa shape index (κ3) is 1.93. The van der Waals surface area contributed by atoms with Crippen molar-refractivity contribution in [1.82, 2.24) is 14.6 Å². The fourth-order valence-corrected chi connectivity index (χ4v) is 1.49. The van der Waals surface area contributed by atoms with Gasteiger partial charge in [0.2, 0.25) is 0 Å². The Morgan fingerprint density at radius 3 is 2.33 bits per heavy atom. The maximum atomic E-state index is 9.65. The van der Waals surface area contributed by atoms with Gasteiger partial charge in [0.15, 0.2) is 5.75 Å². The van der Waals surface area contributed by atoms with Crippen LogP contribution in [0.15, 0.2) is 6.20 Å². The SMILES string of the molecule is CC.Cc1cn2nc(C)c(O)c2c(C)n1. The van der Waals surface area contributed by atoms with Crippen LogP contribution in [0.25, 0.3) is 5.52 Å². The molecule has 15 heavy (non-hydrogen) atoms. The van der Waals surface area contributed by atoms with Gasteiger partial charge in [0.1, 0.15) is 11.2 Å². The standard InChI is InChI=1S/C9H11N3O.C2H6/c1-5-4-12-8(6(2)10-5)9(13)7(3)11-12;1-2/h4,13H,1-3H3;1-2H3. The highest BCUT2D eigenvalue weighted by Crippen LogP contribution is 2.24. The number of hydrogen-bond acceptors (Lipinski definition) is 3. The Hall–Kier alpha value is -1.58.